The van der Waals surface area contributed by atoms with Crippen LogP contribution in [0.1, 0.15) is 45.5 Å². The van der Waals surface area contributed by atoms with Crippen LogP contribution in [0.2, 0.25) is 0 Å². The van der Waals surface area contributed by atoms with E-state index in [-0.39, 0.29) is 30.5 Å². The SMILES string of the molecule is COC(=O)c1cc(OC)ccc1NC(=O)C1CCN(S(=O)(=O)c2c(C)c(C)cc(C)c2C)CC1. The van der Waals surface area contributed by atoms with Gasteiger partial charge in [0.1, 0.15) is 5.75 Å². The Bertz CT molecular complexity index is 1190. The summed E-state index contributed by atoms with van der Waals surface area (Å²) in [5, 5.41) is 2.80. The van der Waals surface area contributed by atoms with Gasteiger partial charge in [0.25, 0.3) is 0 Å². The fraction of sp³-hybridized carbons (Fsp3) is 0.440. The first-order valence-corrected chi connectivity index (χ1v) is 12.6. The number of piperidine rings is 1. The van der Waals surface area contributed by atoms with E-state index >= 15 is 0 Å². The van der Waals surface area contributed by atoms with Crippen molar-refractivity contribution >= 4 is 27.6 Å². The third-order valence-corrected chi connectivity index (χ3v) is 8.78. The number of carbonyl (C=O) groups excluding carboxylic acids is 2. The molecule has 34 heavy (non-hydrogen) atoms. The lowest BCUT2D eigenvalue weighted by Crippen LogP contribution is -2.42. The van der Waals surface area contributed by atoms with E-state index in [4.69, 9.17) is 9.47 Å². The largest absolute Gasteiger partial charge is 0.497 e. The average molecular weight is 489 g/mol. The smallest absolute Gasteiger partial charge is 0.340 e. The van der Waals surface area contributed by atoms with E-state index in [1.165, 1.54) is 24.6 Å². The standard InChI is InChI=1S/C25H32N2O6S/c1-15-13-16(2)18(4)23(17(15)3)34(30,31)27-11-9-19(10-12-27)24(28)26-22-8-7-20(32-5)14-21(22)25(29)33-6/h7-8,13-14,19H,9-12H2,1-6H3,(H,26,28). The molecule has 1 amide bonds. The van der Waals surface area contributed by atoms with Gasteiger partial charge in [0.05, 0.1) is 30.4 Å². The summed E-state index contributed by atoms with van der Waals surface area (Å²) in [6, 6.07) is 6.74. The maximum atomic E-state index is 13.5. The fourth-order valence-electron chi connectivity index (χ4n) is 4.33. The first-order valence-electron chi connectivity index (χ1n) is 11.2. The van der Waals surface area contributed by atoms with Crippen molar-refractivity contribution in [3.8, 4) is 5.75 Å². The Labute approximate surface area is 201 Å². The normalized spacial score (nSPS) is 15.1. The van der Waals surface area contributed by atoms with Crippen molar-refractivity contribution in [3.63, 3.8) is 0 Å². The molecule has 1 saturated heterocycles. The molecule has 2 aromatic rings. The van der Waals surface area contributed by atoms with E-state index in [1.54, 1.807) is 12.1 Å². The number of carbonyl (C=O) groups is 2. The molecule has 0 aromatic heterocycles. The molecule has 184 valence electrons. The van der Waals surface area contributed by atoms with Crippen molar-refractivity contribution in [3.05, 3.63) is 52.1 Å². The zero-order valence-electron chi connectivity index (χ0n) is 20.5. The van der Waals surface area contributed by atoms with Gasteiger partial charge in [-0.1, -0.05) is 6.07 Å². The second-order valence-electron chi connectivity index (χ2n) is 8.66. The van der Waals surface area contributed by atoms with Crippen LogP contribution >= 0.6 is 0 Å². The van der Waals surface area contributed by atoms with Gasteiger partial charge in [-0.25, -0.2) is 13.2 Å². The van der Waals surface area contributed by atoms with Crippen LogP contribution in [0.25, 0.3) is 0 Å². The van der Waals surface area contributed by atoms with E-state index in [9.17, 15) is 18.0 Å². The number of rotatable bonds is 6. The van der Waals surface area contributed by atoms with E-state index < -0.39 is 16.0 Å². The monoisotopic (exact) mass is 488 g/mol. The molecule has 1 N–H and O–H groups in total. The molecule has 1 heterocycles. The maximum Gasteiger partial charge on any atom is 0.340 e. The number of nitrogens with zero attached hydrogens (tertiary/aromatic N) is 1. The summed E-state index contributed by atoms with van der Waals surface area (Å²) in [4.78, 5) is 25.5. The Morgan fingerprint density at radius 3 is 2.09 bits per heavy atom. The summed E-state index contributed by atoms with van der Waals surface area (Å²) in [5.74, 6) is -0.755. The van der Waals surface area contributed by atoms with Gasteiger partial charge in [-0.2, -0.15) is 4.31 Å². The highest BCUT2D eigenvalue weighted by molar-refractivity contribution is 7.89. The van der Waals surface area contributed by atoms with E-state index in [0.29, 0.717) is 29.2 Å². The highest BCUT2D eigenvalue weighted by Crippen LogP contribution is 2.32. The number of sulfonamides is 1. The number of hydrogen-bond acceptors (Lipinski definition) is 6. The van der Waals surface area contributed by atoms with Crippen molar-refractivity contribution < 1.29 is 27.5 Å². The summed E-state index contributed by atoms with van der Waals surface area (Å²) >= 11 is 0. The van der Waals surface area contributed by atoms with Crippen LogP contribution in [0, 0.1) is 33.6 Å². The Morgan fingerprint density at radius 2 is 1.56 bits per heavy atom. The van der Waals surface area contributed by atoms with Crippen LogP contribution in [-0.2, 0) is 19.6 Å². The summed E-state index contributed by atoms with van der Waals surface area (Å²) in [5.41, 5.74) is 3.93. The molecule has 0 saturated carbocycles. The number of nitrogens with one attached hydrogen (secondary N) is 1. The molecule has 0 spiro atoms. The van der Waals surface area contributed by atoms with Crippen LogP contribution < -0.4 is 10.1 Å². The number of esters is 1. The van der Waals surface area contributed by atoms with Gasteiger partial charge in [-0.15, -0.1) is 0 Å². The summed E-state index contributed by atoms with van der Waals surface area (Å²) in [6.45, 7) is 8.00. The van der Waals surface area contributed by atoms with Crippen molar-refractivity contribution in [1.29, 1.82) is 0 Å². The van der Waals surface area contributed by atoms with Gasteiger partial charge >= 0.3 is 5.97 Å². The molecule has 1 aliphatic rings. The zero-order chi connectivity index (χ0) is 25.2. The number of ether oxygens (including phenoxy) is 2. The Morgan fingerprint density at radius 1 is 0.971 bits per heavy atom. The number of anilines is 1. The van der Waals surface area contributed by atoms with Gasteiger partial charge < -0.3 is 14.8 Å². The third kappa shape index (κ3) is 4.95. The van der Waals surface area contributed by atoms with Gasteiger partial charge in [0, 0.05) is 19.0 Å². The Balaban J connectivity index is 1.75. The zero-order valence-corrected chi connectivity index (χ0v) is 21.3. The van der Waals surface area contributed by atoms with Crippen molar-refractivity contribution in [2.75, 3.05) is 32.6 Å². The third-order valence-electron chi connectivity index (χ3n) is 6.61. The number of hydrogen-bond donors (Lipinski definition) is 1. The molecular formula is C25H32N2O6S. The molecule has 0 aliphatic carbocycles. The first-order chi connectivity index (χ1) is 16.0. The molecular weight excluding hydrogens is 456 g/mol. The molecule has 1 aliphatic heterocycles. The summed E-state index contributed by atoms with van der Waals surface area (Å²) in [7, 11) is -0.929. The molecule has 0 bridgehead atoms. The predicted molar refractivity (Wildman–Crippen MR) is 130 cm³/mol. The molecule has 1 fully saturated rings. The number of methoxy groups -OCH3 is 2. The summed E-state index contributed by atoms with van der Waals surface area (Å²) in [6.07, 6.45) is 0.773. The highest BCUT2D eigenvalue weighted by Gasteiger charge is 2.34. The molecule has 2 aromatic carbocycles. The maximum absolute atomic E-state index is 13.5. The van der Waals surface area contributed by atoms with Crippen LogP contribution in [0.3, 0.4) is 0 Å². The van der Waals surface area contributed by atoms with E-state index in [2.05, 4.69) is 5.32 Å². The van der Waals surface area contributed by atoms with E-state index in [1.807, 2.05) is 33.8 Å². The summed E-state index contributed by atoms with van der Waals surface area (Å²) < 4.78 is 38.4. The lowest BCUT2D eigenvalue weighted by Gasteiger charge is -2.32. The van der Waals surface area contributed by atoms with Gasteiger partial charge in [0.2, 0.25) is 15.9 Å². The number of aryl methyl sites for hydroxylation is 2. The van der Waals surface area contributed by atoms with Crippen molar-refractivity contribution in [2.45, 2.75) is 45.4 Å². The number of benzene rings is 2. The molecule has 3 rings (SSSR count). The second-order valence-corrected chi connectivity index (χ2v) is 10.5. The minimum Gasteiger partial charge on any atom is -0.497 e. The number of amides is 1. The van der Waals surface area contributed by atoms with Crippen molar-refractivity contribution in [2.24, 2.45) is 5.92 Å². The molecule has 8 nitrogen and oxygen atoms in total. The van der Waals surface area contributed by atoms with Crippen LogP contribution in [0.4, 0.5) is 5.69 Å². The average Bonchev–Trinajstić information content (AvgIpc) is 2.82. The van der Waals surface area contributed by atoms with E-state index in [0.717, 1.165) is 22.3 Å². The molecule has 9 heteroatoms. The Kier molecular flexibility index (Phi) is 7.67. The highest BCUT2D eigenvalue weighted by atomic mass is 32.2. The molecule has 0 unspecified atom stereocenters. The van der Waals surface area contributed by atoms with Gasteiger partial charge in [-0.05, 0) is 81.0 Å². The minimum atomic E-state index is -3.68. The lowest BCUT2D eigenvalue weighted by atomic mass is 9.97. The lowest BCUT2D eigenvalue weighted by molar-refractivity contribution is -0.120. The molecule has 0 atom stereocenters. The van der Waals surface area contributed by atoms with Gasteiger partial charge in [0.15, 0.2) is 0 Å². The minimum absolute atomic E-state index is 0.191. The second kappa shape index (κ2) is 10.1. The topological polar surface area (TPSA) is 102 Å². The quantitative estimate of drug-likeness (QED) is 0.622. The van der Waals surface area contributed by atoms with Crippen LogP contribution in [0.15, 0.2) is 29.2 Å². The first kappa shape index (κ1) is 25.7. The fourth-order valence-corrected chi connectivity index (χ4v) is 6.37. The van der Waals surface area contributed by atoms with Gasteiger partial charge in [-0.3, -0.25) is 4.79 Å². The molecule has 0 radical (unpaired) electrons. The predicted octanol–water partition coefficient (Wildman–Crippen LogP) is 3.75. The van der Waals surface area contributed by atoms with Crippen LogP contribution in [-0.4, -0.2) is 51.9 Å². The van der Waals surface area contributed by atoms with Crippen molar-refractivity contribution in [1.82, 2.24) is 4.31 Å². The Hall–Kier alpha value is -2.91. The van der Waals surface area contributed by atoms with Crippen LogP contribution in [0.5, 0.6) is 5.75 Å².